The minimum Gasteiger partial charge on any atom is -0.494 e. The fraction of sp³-hybridized carbons (Fsp3) is 0.400. The van der Waals surface area contributed by atoms with Gasteiger partial charge in [0.05, 0.1) is 30.7 Å². The number of anilines is 2. The average Bonchev–Trinajstić information content (AvgIpc) is 3.25. The average molecular weight is 481 g/mol. The Balaban J connectivity index is 1.28. The maximum absolute atomic E-state index is 12.9. The van der Waals surface area contributed by atoms with Gasteiger partial charge < -0.3 is 19.7 Å². The zero-order valence-electron chi connectivity index (χ0n) is 19.1. The summed E-state index contributed by atoms with van der Waals surface area (Å²) in [6.07, 6.45) is 3.10. The molecule has 0 unspecified atom stereocenters. The molecule has 2 aliphatic rings. The van der Waals surface area contributed by atoms with E-state index < -0.39 is 0 Å². The number of carbonyl (C=O) groups excluding carboxylic acids is 2. The Hall–Kier alpha value is -3.17. The van der Waals surface area contributed by atoms with Gasteiger partial charge in [0.25, 0.3) is 5.91 Å². The number of nitrogens with one attached hydrogen (secondary N) is 2. The molecular formula is C25H28N4O4S. The second-order valence-electron chi connectivity index (χ2n) is 8.58. The highest BCUT2D eigenvalue weighted by molar-refractivity contribution is 7.23. The molecule has 2 aromatic carbocycles. The van der Waals surface area contributed by atoms with Gasteiger partial charge in [0.2, 0.25) is 5.91 Å². The van der Waals surface area contributed by atoms with Crippen molar-refractivity contribution >= 4 is 44.2 Å². The molecule has 1 aliphatic carbocycles. The number of hydrogen-bond acceptors (Lipinski definition) is 7. The quantitative estimate of drug-likeness (QED) is 0.534. The summed E-state index contributed by atoms with van der Waals surface area (Å²) in [4.78, 5) is 31.8. The van der Waals surface area contributed by atoms with Crippen molar-refractivity contribution in [1.82, 2.24) is 10.3 Å². The molecule has 1 saturated heterocycles. The third-order valence-corrected chi connectivity index (χ3v) is 7.43. The smallest absolute Gasteiger partial charge is 0.257 e. The van der Waals surface area contributed by atoms with Crippen LogP contribution >= 0.6 is 11.3 Å². The maximum Gasteiger partial charge on any atom is 0.257 e. The Bertz CT molecular complexity index is 1180. The second-order valence-corrected chi connectivity index (χ2v) is 9.58. The highest BCUT2D eigenvalue weighted by atomic mass is 32.1. The first-order valence-electron chi connectivity index (χ1n) is 11.6. The number of methoxy groups -OCH3 is 1. The van der Waals surface area contributed by atoms with Crippen molar-refractivity contribution in [3.8, 4) is 5.75 Å². The number of fused-ring (bicyclic) bond motifs is 1. The first-order valence-corrected chi connectivity index (χ1v) is 12.4. The first-order chi connectivity index (χ1) is 16.6. The summed E-state index contributed by atoms with van der Waals surface area (Å²) in [5, 5.41) is 6.43. The van der Waals surface area contributed by atoms with E-state index in [1.807, 2.05) is 24.3 Å². The van der Waals surface area contributed by atoms with Crippen LogP contribution in [0.1, 0.15) is 35.2 Å². The number of amides is 2. The number of thiazole rings is 1. The Morgan fingerprint density at radius 2 is 1.91 bits per heavy atom. The minimum atomic E-state index is -0.226. The van der Waals surface area contributed by atoms with Crippen molar-refractivity contribution in [3.05, 3.63) is 47.5 Å². The summed E-state index contributed by atoms with van der Waals surface area (Å²) in [5.41, 5.74) is 3.31. The molecular weight excluding hydrogens is 452 g/mol. The number of carbonyl (C=O) groups is 2. The lowest BCUT2D eigenvalue weighted by molar-refractivity contribution is -0.127. The van der Waals surface area contributed by atoms with Crippen molar-refractivity contribution in [1.29, 1.82) is 0 Å². The summed E-state index contributed by atoms with van der Waals surface area (Å²) in [6.45, 7) is 3.48. The highest BCUT2D eigenvalue weighted by Gasteiger charge is 2.24. The largest absolute Gasteiger partial charge is 0.494 e. The van der Waals surface area contributed by atoms with Crippen molar-refractivity contribution in [3.63, 3.8) is 0 Å². The molecule has 8 nitrogen and oxygen atoms in total. The predicted octanol–water partition coefficient (Wildman–Crippen LogP) is 3.81. The lowest BCUT2D eigenvalue weighted by Crippen LogP contribution is -2.36. The van der Waals surface area contributed by atoms with Crippen molar-refractivity contribution in [2.24, 2.45) is 5.92 Å². The second kappa shape index (κ2) is 9.99. The molecule has 0 radical (unpaired) electrons. The molecule has 1 saturated carbocycles. The molecule has 0 bridgehead atoms. The van der Waals surface area contributed by atoms with Gasteiger partial charge in [-0.05, 0) is 42.7 Å². The summed E-state index contributed by atoms with van der Waals surface area (Å²) in [6, 6.07) is 11.2. The summed E-state index contributed by atoms with van der Waals surface area (Å²) >= 11 is 1.44. The minimum absolute atomic E-state index is 0.121. The first kappa shape index (κ1) is 22.6. The number of benzene rings is 2. The van der Waals surface area contributed by atoms with E-state index in [1.54, 1.807) is 19.2 Å². The van der Waals surface area contributed by atoms with Crippen LogP contribution in [-0.4, -0.2) is 50.2 Å². The van der Waals surface area contributed by atoms with Crippen LogP contribution in [0.5, 0.6) is 5.75 Å². The number of morpholine rings is 1. The van der Waals surface area contributed by atoms with Gasteiger partial charge in [-0.3, -0.25) is 14.9 Å². The Morgan fingerprint density at radius 3 is 2.59 bits per heavy atom. The van der Waals surface area contributed by atoms with Crippen LogP contribution in [0.25, 0.3) is 10.2 Å². The van der Waals surface area contributed by atoms with E-state index in [9.17, 15) is 9.59 Å². The molecule has 178 valence electrons. The molecule has 34 heavy (non-hydrogen) atoms. The monoisotopic (exact) mass is 480 g/mol. The summed E-state index contributed by atoms with van der Waals surface area (Å²) in [5.74, 6) is 0.741. The van der Waals surface area contributed by atoms with Gasteiger partial charge in [0.15, 0.2) is 5.13 Å². The molecule has 2 fully saturated rings. The van der Waals surface area contributed by atoms with Crippen LogP contribution in [-0.2, 0) is 16.1 Å². The highest BCUT2D eigenvalue weighted by Crippen LogP contribution is 2.39. The molecule has 2 amide bonds. The standard InChI is InChI=1S/C25H28N4O4S/c1-32-20-10-9-19(29-11-13-33-14-12-29)22-21(20)27-25(34-22)28-24(31)18-7-5-16(6-8-18)15-26-23(30)17-3-2-4-17/h5-10,17H,2-4,11-15H2,1H3,(H,26,30)(H,27,28,31). The predicted molar refractivity (Wildman–Crippen MR) is 133 cm³/mol. The summed E-state index contributed by atoms with van der Waals surface area (Å²) in [7, 11) is 1.62. The third-order valence-electron chi connectivity index (χ3n) is 6.44. The normalized spacial score (nSPS) is 16.2. The molecule has 0 spiro atoms. The Kier molecular flexibility index (Phi) is 6.64. The molecule has 1 aromatic heterocycles. The van der Waals surface area contributed by atoms with Gasteiger partial charge in [-0.1, -0.05) is 29.9 Å². The lowest BCUT2D eigenvalue weighted by Gasteiger charge is -2.29. The van der Waals surface area contributed by atoms with Crippen LogP contribution in [0.4, 0.5) is 10.8 Å². The van der Waals surface area contributed by atoms with Crippen molar-refractivity contribution < 1.29 is 19.1 Å². The van der Waals surface area contributed by atoms with Crippen molar-refractivity contribution in [2.45, 2.75) is 25.8 Å². The third kappa shape index (κ3) is 4.71. The molecule has 3 aromatic rings. The Morgan fingerprint density at radius 1 is 1.15 bits per heavy atom. The zero-order chi connectivity index (χ0) is 23.5. The van der Waals surface area contributed by atoms with E-state index in [-0.39, 0.29) is 17.7 Å². The molecule has 1 aliphatic heterocycles. The molecule has 2 N–H and O–H groups in total. The summed E-state index contributed by atoms with van der Waals surface area (Å²) < 4.78 is 12.0. The number of hydrogen-bond donors (Lipinski definition) is 2. The number of rotatable bonds is 7. The molecule has 0 atom stereocenters. The van der Waals surface area contributed by atoms with Gasteiger partial charge >= 0.3 is 0 Å². The number of ether oxygens (including phenoxy) is 2. The van der Waals surface area contributed by atoms with Crippen LogP contribution in [0.3, 0.4) is 0 Å². The van der Waals surface area contributed by atoms with E-state index in [4.69, 9.17) is 9.47 Å². The molecule has 5 rings (SSSR count). The Labute approximate surface area is 202 Å². The van der Waals surface area contributed by atoms with Gasteiger partial charge in [0.1, 0.15) is 11.3 Å². The van der Waals surface area contributed by atoms with Gasteiger partial charge in [-0.2, -0.15) is 0 Å². The SMILES string of the molecule is COc1ccc(N2CCOCC2)c2sc(NC(=O)c3ccc(CNC(=O)C4CCC4)cc3)nc12. The van der Waals surface area contributed by atoms with E-state index >= 15 is 0 Å². The molecule has 9 heteroatoms. The number of nitrogens with zero attached hydrogens (tertiary/aromatic N) is 2. The van der Waals surface area contributed by atoms with E-state index in [1.165, 1.54) is 11.3 Å². The van der Waals surface area contributed by atoms with E-state index in [0.717, 1.165) is 53.8 Å². The van der Waals surface area contributed by atoms with Crippen LogP contribution < -0.4 is 20.3 Å². The van der Waals surface area contributed by atoms with Crippen LogP contribution in [0.2, 0.25) is 0 Å². The number of aromatic nitrogens is 1. The fourth-order valence-electron chi connectivity index (χ4n) is 4.19. The van der Waals surface area contributed by atoms with Crippen LogP contribution in [0.15, 0.2) is 36.4 Å². The van der Waals surface area contributed by atoms with E-state index in [0.29, 0.717) is 36.2 Å². The topological polar surface area (TPSA) is 92.8 Å². The maximum atomic E-state index is 12.9. The van der Waals surface area contributed by atoms with Crippen LogP contribution in [0, 0.1) is 5.92 Å². The van der Waals surface area contributed by atoms with Gasteiger partial charge in [0, 0.05) is 31.1 Å². The zero-order valence-corrected chi connectivity index (χ0v) is 20.0. The van der Waals surface area contributed by atoms with Crippen molar-refractivity contribution in [2.75, 3.05) is 43.6 Å². The van der Waals surface area contributed by atoms with Gasteiger partial charge in [-0.25, -0.2) is 4.98 Å². The lowest BCUT2D eigenvalue weighted by atomic mass is 9.85. The van der Waals surface area contributed by atoms with E-state index in [2.05, 4.69) is 20.5 Å². The fourth-order valence-corrected chi connectivity index (χ4v) is 5.21. The van der Waals surface area contributed by atoms with Gasteiger partial charge in [-0.15, -0.1) is 0 Å². The molecule has 2 heterocycles.